The first-order valence-electron chi connectivity index (χ1n) is 7.22. The normalized spacial score (nSPS) is 10.2. The molecule has 0 aliphatic heterocycles. The average molecular weight is 323 g/mol. The van der Waals surface area contributed by atoms with Gasteiger partial charge in [-0.15, -0.1) is 0 Å². The van der Waals surface area contributed by atoms with Crippen LogP contribution in [-0.2, 0) is 6.54 Å². The molecule has 0 aliphatic rings. The molecule has 0 saturated heterocycles. The predicted octanol–water partition coefficient (Wildman–Crippen LogP) is 2.88. The van der Waals surface area contributed by atoms with Crippen molar-refractivity contribution in [2.24, 2.45) is 0 Å². The van der Waals surface area contributed by atoms with Gasteiger partial charge < -0.3 is 10.6 Å². The summed E-state index contributed by atoms with van der Waals surface area (Å²) in [6, 6.07) is 9.45. The van der Waals surface area contributed by atoms with Crippen molar-refractivity contribution in [2.45, 2.75) is 6.54 Å². The summed E-state index contributed by atoms with van der Waals surface area (Å²) in [5.74, 6) is -0.417. The maximum absolute atomic E-state index is 13.1. The van der Waals surface area contributed by atoms with Crippen molar-refractivity contribution in [2.75, 3.05) is 10.6 Å². The molecule has 0 unspecified atom stereocenters. The first-order valence-corrected chi connectivity index (χ1v) is 7.22. The number of amides is 1. The second-order valence-electron chi connectivity index (χ2n) is 4.97. The smallest absolute Gasteiger partial charge is 0.258 e. The topological polar surface area (TPSA) is 79.8 Å². The molecule has 7 heteroatoms. The molecule has 2 heterocycles. The summed E-state index contributed by atoms with van der Waals surface area (Å²) < 4.78 is 13.1. The number of nitrogens with zero attached hydrogens (tertiary/aromatic N) is 3. The van der Waals surface area contributed by atoms with Gasteiger partial charge in [0, 0.05) is 37.0 Å². The molecule has 0 radical (unpaired) electrons. The van der Waals surface area contributed by atoms with E-state index in [2.05, 4.69) is 25.6 Å². The number of hydrogen-bond acceptors (Lipinski definition) is 5. The molecule has 0 atom stereocenters. The number of benzene rings is 1. The molecule has 0 fully saturated rings. The number of aromatic nitrogens is 3. The van der Waals surface area contributed by atoms with Crippen molar-refractivity contribution in [3.05, 3.63) is 78.1 Å². The Hall–Kier alpha value is -3.35. The monoisotopic (exact) mass is 323 g/mol. The van der Waals surface area contributed by atoms with Crippen LogP contribution >= 0.6 is 0 Å². The third-order valence-electron chi connectivity index (χ3n) is 3.17. The minimum absolute atomic E-state index is 0.284. The molecular formula is C17H14FN5O. The first kappa shape index (κ1) is 15.5. The van der Waals surface area contributed by atoms with E-state index in [-0.39, 0.29) is 5.56 Å². The molecule has 3 aromatic rings. The van der Waals surface area contributed by atoms with Crippen LogP contribution in [0.5, 0.6) is 0 Å². The van der Waals surface area contributed by atoms with Gasteiger partial charge in [-0.05, 0) is 29.8 Å². The largest absolute Gasteiger partial charge is 0.350 e. The van der Waals surface area contributed by atoms with E-state index in [9.17, 15) is 9.18 Å². The van der Waals surface area contributed by atoms with E-state index in [1.54, 1.807) is 18.5 Å². The highest BCUT2D eigenvalue weighted by Gasteiger charge is 2.08. The zero-order valence-electron chi connectivity index (χ0n) is 12.6. The second-order valence-corrected chi connectivity index (χ2v) is 4.97. The van der Waals surface area contributed by atoms with E-state index in [1.807, 2.05) is 12.1 Å². The highest BCUT2D eigenvalue weighted by molar-refractivity contribution is 6.03. The second kappa shape index (κ2) is 7.28. The van der Waals surface area contributed by atoms with Crippen LogP contribution in [0.4, 0.5) is 16.0 Å². The summed E-state index contributed by atoms with van der Waals surface area (Å²) in [5.41, 5.74) is 1.65. The van der Waals surface area contributed by atoms with Crippen molar-refractivity contribution in [1.29, 1.82) is 0 Å². The van der Waals surface area contributed by atoms with Gasteiger partial charge in [-0.25, -0.2) is 14.4 Å². The van der Waals surface area contributed by atoms with E-state index in [0.717, 1.165) is 5.56 Å². The van der Waals surface area contributed by atoms with Crippen LogP contribution in [0.1, 0.15) is 15.9 Å². The molecule has 0 bridgehead atoms. The fraction of sp³-hybridized carbons (Fsp3) is 0.0588. The van der Waals surface area contributed by atoms with Crippen LogP contribution in [0.15, 0.2) is 61.2 Å². The van der Waals surface area contributed by atoms with Crippen molar-refractivity contribution < 1.29 is 9.18 Å². The van der Waals surface area contributed by atoms with Gasteiger partial charge in [-0.3, -0.25) is 9.78 Å². The standard InChI is InChI=1S/C17H14FN5O/c18-14-4-1-5-15(7-14)23-16(24)13-10-21-17(22-11-13)20-9-12-3-2-6-19-8-12/h1-8,10-11H,9H2,(H,23,24)(H,20,21,22). The zero-order valence-corrected chi connectivity index (χ0v) is 12.6. The summed E-state index contributed by atoms with van der Waals surface area (Å²) in [6.07, 6.45) is 6.26. The SMILES string of the molecule is O=C(Nc1cccc(F)c1)c1cnc(NCc2cccnc2)nc1. The summed E-state index contributed by atoms with van der Waals surface area (Å²) in [6.45, 7) is 0.530. The van der Waals surface area contributed by atoms with E-state index < -0.39 is 11.7 Å². The van der Waals surface area contributed by atoms with E-state index in [1.165, 1.54) is 30.6 Å². The molecule has 2 aromatic heterocycles. The number of hydrogen-bond donors (Lipinski definition) is 2. The molecule has 120 valence electrons. The summed E-state index contributed by atoms with van der Waals surface area (Å²) in [7, 11) is 0. The van der Waals surface area contributed by atoms with Crippen molar-refractivity contribution in [1.82, 2.24) is 15.0 Å². The minimum Gasteiger partial charge on any atom is -0.350 e. The lowest BCUT2D eigenvalue weighted by Crippen LogP contribution is -2.13. The van der Waals surface area contributed by atoms with Crippen molar-refractivity contribution in [3.63, 3.8) is 0 Å². The number of rotatable bonds is 5. The Morgan fingerprint density at radius 3 is 2.62 bits per heavy atom. The number of nitrogens with one attached hydrogen (secondary N) is 2. The van der Waals surface area contributed by atoms with Gasteiger partial charge in [0.25, 0.3) is 5.91 Å². The molecule has 24 heavy (non-hydrogen) atoms. The Labute approximate surface area is 137 Å². The van der Waals surface area contributed by atoms with Crippen LogP contribution < -0.4 is 10.6 Å². The van der Waals surface area contributed by atoms with Gasteiger partial charge in [0.2, 0.25) is 5.95 Å². The number of anilines is 2. The van der Waals surface area contributed by atoms with Gasteiger partial charge in [-0.2, -0.15) is 0 Å². The van der Waals surface area contributed by atoms with Gasteiger partial charge in [-0.1, -0.05) is 12.1 Å². The fourth-order valence-corrected chi connectivity index (χ4v) is 1.99. The van der Waals surface area contributed by atoms with Crippen LogP contribution in [0.2, 0.25) is 0 Å². The zero-order chi connectivity index (χ0) is 16.8. The van der Waals surface area contributed by atoms with Gasteiger partial charge in [0.15, 0.2) is 0 Å². The van der Waals surface area contributed by atoms with Crippen LogP contribution in [0.3, 0.4) is 0 Å². The third kappa shape index (κ3) is 4.10. The molecule has 0 saturated carbocycles. The summed E-state index contributed by atoms with van der Waals surface area (Å²) in [5, 5.41) is 5.63. The lowest BCUT2D eigenvalue weighted by atomic mass is 10.2. The Bertz CT molecular complexity index is 824. The van der Waals surface area contributed by atoms with Crippen molar-refractivity contribution in [3.8, 4) is 0 Å². The number of carbonyl (C=O) groups excluding carboxylic acids is 1. The van der Waals surface area contributed by atoms with Gasteiger partial charge in [0.05, 0.1) is 5.56 Å². The quantitative estimate of drug-likeness (QED) is 0.755. The first-order chi connectivity index (χ1) is 11.7. The number of carbonyl (C=O) groups is 1. The fourth-order valence-electron chi connectivity index (χ4n) is 1.99. The van der Waals surface area contributed by atoms with E-state index in [4.69, 9.17) is 0 Å². The van der Waals surface area contributed by atoms with Crippen LogP contribution in [-0.4, -0.2) is 20.9 Å². The molecular weight excluding hydrogens is 309 g/mol. The molecule has 1 aromatic carbocycles. The lowest BCUT2D eigenvalue weighted by molar-refractivity contribution is 0.102. The lowest BCUT2D eigenvalue weighted by Gasteiger charge is -2.07. The Balaban J connectivity index is 1.60. The number of pyridine rings is 1. The molecule has 3 rings (SSSR count). The molecule has 2 N–H and O–H groups in total. The number of halogens is 1. The molecule has 1 amide bonds. The molecule has 0 spiro atoms. The summed E-state index contributed by atoms with van der Waals surface area (Å²) in [4.78, 5) is 24.3. The molecule has 6 nitrogen and oxygen atoms in total. The highest BCUT2D eigenvalue weighted by atomic mass is 19.1. The van der Waals surface area contributed by atoms with Gasteiger partial charge in [0.1, 0.15) is 5.82 Å². The van der Waals surface area contributed by atoms with Gasteiger partial charge >= 0.3 is 0 Å². The van der Waals surface area contributed by atoms with E-state index >= 15 is 0 Å². The molecule has 0 aliphatic carbocycles. The predicted molar refractivity (Wildman–Crippen MR) is 87.9 cm³/mol. The summed E-state index contributed by atoms with van der Waals surface area (Å²) >= 11 is 0. The minimum atomic E-state index is -0.418. The van der Waals surface area contributed by atoms with Crippen molar-refractivity contribution >= 4 is 17.5 Å². The Kier molecular flexibility index (Phi) is 4.71. The Morgan fingerprint density at radius 2 is 1.92 bits per heavy atom. The average Bonchev–Trinajstić information content (AvgIpc) is 2.61. The third-order valence-corrected chi connectivity index (χ3v) is 3.17. The highest BCUT2D eigenvalue weighted by Crippen LogP contribution is 2.11. The maximum atomic E-state index is 13.1. The maximum Gasteiger partial charge on any atom is 0.258 e. The van der Waals surface area contributed by atoms with Crippen LogP contribution in [0.25, 0.3) is 0 Å². The van der Waals surface area contributed by atoms with Crippen LogP contribution in [0, 0.1) is 5.82 Å². The van der Waals surface area contributed by atoms with E-state index in [0.29, 0.717) is 18.2 Å². The Morgan fingerprint density at radius 1 is 1.08 bits per heavy atom.